The van der Waals surface area contributed by atoms with E-state index in [9.17, 15) is 41.8 Å². The highest BCUT2D eigenvalue weighted by molar-refractivity contribution is 8.00. The predicted octanol–water partition coefficient (Wildman–Crippen LogP) is 2.07. The number of aromatic nitrogens is 1. The van der Waals surface area contributed by atoms with Crippen LogP contribution in [0.15, 0.2) is 46.6 Å². The maximum absolute atomic E-state index is 13.1. The number of nitrogens with zero attached hydrogens (tertiary/aromatic N) is 3. The van der Waals surface area contributed by atoms with E-state index in [4.69, 9.17) is 4.84 Å². The highest BCUT2D eigenvalue weighted by Gasteiger charge is 2.53. The molecule has 2 aromatic rings. The van der Waals surface area contributed by atoms with Crippen molar-refractivity contribution >= 4 is 57.6 Å². The van der Waals surface area contributed by atoms with Gasteiger partial charge in [-0.05, 0) is 23.8 Å². The van der Waals surface area contributed by atoms with Gasteiger partial charge in [-0.1, -0.05) is 17.3 Å². The second-order valence-electron chi connectivity index (χ2n) is 7.61. The first-order valence-corrected chi connectivity index (χ1v) is 12.4. The van der Waals surface area contributed by atoms with E-state index < -0.39 is 57.9 Å². The summed E-state index contributed by atoms with van der Waals surface area (Å²) in [7, 11) is 0. The average Bonchev–Trinajstić information content (AvgIpc) is 3.32. The summed E-state index contributed by atoms with van der Waals surface area (Å²) < 4.78 is 50.8. The molecule has 2 aliphatic heterocycles. The third-order valence-electron chi connectivity index (χ3n) is 5.09. The summed E-state index contributed by atoms with van der Waals surface area (Å²) in [6.07, 6.45) is -3.81. The number of benzene rings is 1. The Bertz CT molecular complexity index is 1340. The number of β-lactam (4-membered cyclic amide) rings is 1. The number of hydrogen-bond donors (Lipinski definition) is 3. The van der Waals surface area contributed by atoms with Crippen LogP contribution in [0, 0.1) is 5.82 Å². The minimum Gasteiger partial charge on any atom is -0.477 e. The number of alkyl halides is 3. The summed E-state index contributed by atoms with van der Waals surface area (Å²) in [6.45, 7) is -0.222. The predicted molar refractivity (Wildman–Crippen MR) is 125 cm³/mol. The van der Waals surface area contributed by atoms with Crippen LogP contribution in [0.25, 0.3) is 0 Å². The van der Waals surface area contributed by atoms with Gasteiger partial charge in [-0.3, -0.25) is 24.6 Å². The lowest BCUT2D eigenvalue weighted by atomic mass is 10.0. The fraction of sp³-hybridized carbons (Fsp3) is 0.238. The van der Waals surface area contributed by atoms with Crippen molar-refractivity contribution in [2.24, 2.45) is 5.16 Å². The minimum atomic E-state index is -5.17. The van der Waals surface area contributed by atoms with Gasteiger partial charge >= 0.3 is 18.1 Å². The first kappa shape index (κ1) is 27.1. The first-order valence-electron chi connectivity index (χ1n) is 10.4. The molecule has 38 heavy (non-hydrogen) atoms. The van der Waals surface area contributed by atoms with Crippen molar-refractivity contribution in [2.45, 2.75) is 24.2 Å². The number of thiazole rings is 1. The number of rotatable bonds is 8. The van der Waals surface area contributed by atoms with E-state index in [1.165, 1.54) is 42.1 Å². The number of fused-ring (bicyclic) bond motifs is 1. The molecular weight excluding hydrogens is 558 g/mol. The number of halogens is 4. The number of oxime groups is 1. The van der Waals surface area contributed by atoms with Crippen molar-refractivity contribution in [3.05, 3.63) is 58.5 Å². The SMILES string of the molecule is O=C(O)C1=CCS[C@@H]2C(NC(=O)C(=NOCc3ccc(F)cc3)c3csc(NC(=O)C(F)(F)F)n3)C(=O)N12. The molecule has 3 amide bonds. The Labute approximate surface area is 218 Å². The summed E-state index contributed by atoms with van der Waals surface area (Å²) in [5, 5.41) is 16.9. The summed E-state index contributed by atoms with van der Waals surface area (Å²) >= 11 is 1.79. The molecule has 0 spiro atoms. The molecular formula is C21H15F4N5O6S2. The lowest BCUT2D eigenvalue weighted by Crippen LogP contribution is -2.70. The lowest BCUT2D eigenvalue weighted by molar-refractivity contribution is -0.167. The molecule has 0 aliphatic carbocycles. The van der Waals surface area contributed by atoms with Crippen LogP contribution in [0.2, 0.25) is 0 Å². The van der Waals surface area contributed by atoms with Crippen molar-refractivity contribution in [1.82, 2.24) is 15.2 Å². The Morgan fingerprint density at radius 1 is 1.24 bits per heavy atom. The van der Waals surface area contributed by atoms with E-state index in [0.29, 0.717) is 16.9 Å². The second-order valence-corrected chi connectivity index (χ2v) is 9.62. The Morgan fingerprint density at radius 2 is 1.95 bits per heavy atom. The third kappa shape index (κ3) is 5.77. The van der Waals surface area contributed by atoms with E-state index in [2.05, 4.69) is 15.5 Å². The molecule has 0 radical (unpaired) electrons. The van der Waals surface area contributed by atoms with Gasteiger partial charge in [0.05, 0.1) is 0 Å². The highest BCUT2D eigenvalue weighted by Crippen LogP contribution is 2.37. The summed E-state index contributed by atoms with van der Waals surface area (Å²) in [5.41, 5.74) is -0.542. The molecule has 0 bridgehead atoms. The fourth-order valence-electron chi connectivity index (χ4n) is 3.31. The molecule has 200 valence electrons. The van der Waals surface area contributed by atoms with Gasteiger partial charge in [0.1, 0.15) is 35.2 Å². The van der Waals surface area contributed by atoms with Gasteiger partial charge in [-0.15, -0.1) is 23.1 Å². The minimum absolute atomic E-state index is 0.217. The van der Waals surface area contributed by atoms with Crippen LogP contribution in [0.4, 0.5) is 22.7 Å². The van der Waals surface area contributed by atoms with Gasteiger partial charge in [-0.2, -0.15) is 13.2 Å². The topological polar surface area (TPSA) is 150 Å². The van der Waals surface area contributed by atoms with Crippen molar-refractivity contribution in [3.63, 3.8) is 0 Å². The van der Waals surface area contributed by atoms with Gasteiger partial charge in [-0.25, -0.2) is 14.2 Å². The van der Waals surface area contributed by atoms with E-state index >= 15 is 0 Å². The number of carbonyl (C=O) groups excluding carboxylic acids is 3. The van der Waals surface area contributed by atoms with Crippen LogP contribution in [-0.2, 0) is 30.6 Å². The van der Waals surface area contributed by atoms with Crippen LogP contribution in [-0.4, -0.2) is 67.7 Å². The molecule has 1 unspecified atom stereocenters. The zero-order valence-electron chi connectivity index (χ0n) is 18.7. The van der Waals surface area contributed by atoms with E-state index in [1.807, 2.05) is 0 Å². The van der Waals surface area contributed by atoms with Crippen LogP contribution in [0.3, 0.4) is 0 Å². The number of hydrogen-bond acceptors (Lipinski definition) is 9. The number of aliphatic carboxylic acids is 1. The van der Waals surface area contributed by atoms with Crippen LogP contribution in [0.5, 0.6) is 0 Å². The zero-order valence-corrected chi connectivity index (χ0v) is 20.3. The van der Waals surface area contributed by atoms with Crippen LogP contribution < -0.4 is 10.6 Å². The number of anilines is 1. The molecule has 1 aromatic heterocycles. The molecule has 4 rings (SSSR count). The van der Waals surface area contributed by atoms with E-state index in [1.54, 1.807) is 5.32 Å². The van der Waals surface area contributed by atoms with Gasteiger partial charge in [0.2, 0.25) is 0 Å². The van der Waals surface area contributed by atoms with E-state index in [-0.39, 0.29) is 23.8 Å². The quantitative estimate of drug-likeness (QED) is 0.188. The fourth-order valence-corrected chi connectivity index (χ4v) is 5.20. The molecule has 3 N–H and O–H groups in total. The second kappa shape index (κ2) is 10.8. The maximum atomic E-state index is 13.1. The first-order chi connectivity index (χ1) is 18.0. The van der Waals surface area contributed by atoms with Crippen LogP contribution in [0.1, 0.15) is 11.3 Å². The molecule has 17 heteroatoms. The van der Waals surface area contributed by atoms with Gasteiger partial charge < -0.3 is 15.3 Å². The maximum Gasteiger partial charge on any atom is 0.471 e. The zero-order chi connectivity index (χ0) is 27.6. The van der Waals surface area contributed by atoms with Crippen molar-refractivity contribution < 1.29 is 46.7 Å². The Morgan fingerprint density at radius 3 is 2.61 bits per heavy atom. The molecule has 0 saturated carbocycles. The van der Waals surface area contributed by atoms with Gasteiger partial charge in [0, 0.05) is 11.1 Å². The molecule has 1 fully saturated rings. The highest BCUT2D eigenvalue weighted by atomic mass is 32.2. The molecule has 11 nitrogen and oxygen atoms in total. The third-order valence-corrected chi connectivity index (χ3v) is 7.03. The van der Waals surface area contributed by atoms with E-state index in [0.717, 1.165) is 10.3 Å². The largest absolute Gasteiger partial charge is 0.477 e. The number of thioether (sulfide) groups is 1. The number of carboxylic acid groups (broad SMARTS) is 1. The number of carboxylic acids is 1. The number of amides is 3. The van der Waals surface area contributed by atoms with Crippen molar-refractivity contribution in [1.29, 1.82) is 0 Å². The normalized spacial score (nSPS) is 19.2. The summed E-state index contributed by atoms with van der Waals surface area (Å²) in [5.74, 6) is -5.47. The van der Waals surface area contributed by atoms with Crippen molar-refractivity contribution in [2.75, 3.05) is 11.1 Å². The number of nitrogens with one attached hydrogen (secondary N) is 2. The average molecular weight is 574 g/mol. The summed E-state index contributed by atoms with van der Waals surface area (Å²) in [6, 6.07) is 4.01. The molecule has 1 saturated heterocycles. The molecule has 3 heterocycles. The Hall–Kier alpha value is -3.99. The smallest absolute Gasteiger partial charge is 0.471 e. The monoisotopic (exact) mass is 573 g/mol. The molecule has 1 aromatic carbocycles. The lowest BCUT2D eigenvalue weighted by Gasteiger charge is -2.48. The standard InChI is InChI=1S/C21H15F4N5O6S2/c22-10-3-1-9(2-4-10)7-36-29-13(11-8-38-20(26-11)28-19(35)21(23,24)25)15(31)27-14-16(32)30-12(18(33)34)5-6-37-17(14)30/h1-5,8,14,17H,6-7H2,(H,27,31)(H,33,34)(H,26,28,35)/t14?,17-/m1/s1. The Balaban J connectivity index is 1.53. The molecule has 2 atom stereocenters. The van der Waals surface area contributed by atoms with Gasteiger partial charge in [0.25, 0.3) is 11.8 Å². The molecule has 2 aliphatic rings. The van der Waals surface area contributed by atoms with Crippen molar-refractivity contribution in [3.8, 4) is 0 Å². The van der Waals surface area contributed by atoms with Crippen LogP contribution >= 0.6 is 23.1 Å². The van der Waals surface area contributed by atoms with Gasteiger partial charge in [0.15, 0.2) is 10.8 Å². The number of carbonyl (C=O) groups is 4. The summed E-state index contributed by atoms with van der Waals surface area (Å²) in [4.78, 5) is 58.2. The Kier molecular flexibility index (Phi) is 7.68.